The van der Waals surface area contributed by atoms with Crippen molar-refractivity contribution in [1.82, 2.24) is 5.32 Å². The Morgan fingerprint density at radius 1 is 0.789 bits per heavy atom. The lowest BCUT2D eigenvalue weighted by Gasteiger charge is -2.11. The highest BCUT2D eigenvalue weighted by atomic mass is 19.1. The molecule has 0 aliphatic carbocycles. The predicted octanol–water partition coefficient (Wildman–Crippen LogP) is 3.87. The van der Waals surface area contributed by atoms with E-state index in [1.807, 2.05) is 26.0 Å². The molecule has 0 atom stereocenters. The Morgan fingerprint density at radius 3 is 1.58 bits per heavy atom. The van der Waals surface area contributed by atoms with Gasteiger partial charge in [-0.3, -0.25) is 0 Å². The first-order valence-corrected chi connectivity index (χ1v) is 6.28. The third-order valence-electron chi connectivity index (χ3n) is 3.31. The zero-order valence-electron chi connectivity index (χ0n) is 11.1. The second-order valence-corrected chi connectivity index (χ2v) is 4.67. The van der Waals surface area contributed by atoms with Gasteiger partial charge in [-0.05, 0) is 37.1 Å². The molecule has 100 valence electrons. The van der Waals surface area contributed by atoms with Gasteiger partial charge in [-0.15, -0.1) is 0 Å². The fraction of sp³-hybridized carbons (Fsp3) is 0.250. The van der Waals surface area contributed by atoms with Crippen LogP contribution in [0.15, 0.2) is 36.4 Å². The summed E-state index contributed by atoms with van der Waals surface area (Å²) in [7, 11) is 0. The number of rotatable bonds is 4. The van der Waals surface area contributed by atoms with Crippen LogP contribution >= 0.6 is 0 Å². The summed E-state index contributed by atoms with van der Waals surface area (Å²) < 4.78 is 27.2. The molecule has 0 aromatic heterocycles. The van der Waals surface area contributed by atoms with E-state index in [-0.39, 0.29) is 11.6 Å². The summed E-state index contributed by atoms with van der Waals surface area (Å²) in [5.74, 6) is -0.449. The smallest absolute Gasteiger partial charge is 0.127 e. The van der Waals surface area contributed by atoms with Gasteiger partial charge in [-0.25, -0.2) is 8.78 Å². The summed E-state index contributed by atoms with van der Waals surface area (Å²) in [5.41, 5.74) is 3.07. The fourth-order valence-corrected chi connectivity index (χ4v) is 2.09. The van der Waals surface area contributed by atoms with Gasteiger partial charge in [-0.1, -0.05) is 24.3 Å². The molecule has 0 aliphatic heterocycles. The van der Waals surface area contributed by atoms with Gasteiger partial charge in [0.05, 0.1) is 0 Å². The number of hydrogen-bond acceptors (Lipinski definition) is 1. The van der Waals surface area contributed by atoms with E-state index < -0.39 is 0 Å². The average molecular weight is 261 g/mol. The molecule has 0 aliphatic rings. The fourth-order valence-electron chi connectivity index (χ4n) is 2.09. The molecule has 2 aromatic rings. The lowest BCUT2D eigenvalue weighted by atomic mass is 10.1. The molecule has 19 heavy (non-hydrogen) atoms. The van der Waals surface area contributed by atoms with Crippen molar-refractivity contribution in [3.05, 3.63) is 70.3 Å². The van der Waals surface area contributed by atoms with Crippen molar-refractivity contribution in [2.45, 2.75) is 26.9 Å². The van der Waals surface area contributed by atoms with Crippen LogP contribution in [-0.2, 0) is 13.1 Å². The second-order valence-electron chi connectivity index (χ2n) is 4.67. The highest BCUT2D eigenvalue weighted by molar-refractivity contribution is 5.29. The van der Waals surface area contributed by atoms with Gasteiger partial charge in [-0.2, -0.15) is 0 Å². The van der Waals surface area contributed by atoms with Crippen molar-refractivity contribution >= 4 is 0 Å². The molecule has 0 amide bonds. The molecule has 0 fully saturated rings. The van der Waals surface area contributed by atoms with E-state index in [1.54, 1.807) is 12.1 Å². The van der Waals surface area contributed by atoms with E-state index in [1.165, 1.54) is 12.1 Å². The van der Waals surface area contributed by atoms with E-state index in [2.05, 4.69) is 5.32 Å². The van der Waals surface area contributed by atoms with E-state index in [0.717, 1.165) is 11.1 Å². The topological polar surface area (TPSA) is 12.0 Å². The Hall–Kier alpha value is -1.74. The minimum Gasteiger partial charge on any atom is -0.308 e. The normalized spacial score (nSPS) is 10.7. The Kier molecular flexibility index (Phi) is 4.27. The highest BCUT2D eigenvalue weighted by Crippen LogP contribution is 2.14. The third-order valence-corrected chi connectivity index (χ3v) is 3.31. The van der Waals surface area contributed by atoms with Gasteiger partial charge >= 0.3 is 0 Å². The van der Waals surface area contributed by atoms with Crippen molar-refractivity contribution < 1.29 is 8.78 Å². The lowest BCUT2D eigenvalue weighted by Crippen LogP contribution is -2.16. The summed E-state index contributed by atoms with van der Waals surface area (Å²) >= 11 is 0. The number of halogens is 2. The Bertz CT molecular complexity index is 487. The summed E-state index contributed by atoms with van der Waals surface area (Å²) in [6.07, 6.45) is 0. The third kappa shape index (κ3) is 3.18. The second kappa shape index (κ2) is 5.93. The Balaban J connectivity index is 2.05. The van der Waals surface area contributed by atoms with Crippen LogP contribution in [0.3, 0.4) is 0 Å². The van der Waals surface area contributed by atoms with Crippen LogP contribution in [0, 0.1) is 25.5 Å². The molecule has 3 heteroatoms. The largest absolute Gasteiger partial charge is 0.308 e. The molecule has 1 N–H and O–H groups in total. The van der Waals surface area contributed by atoms with Crippen molar-refractivity contribution in [3.63, 3.8) is 0 Å². The summed E-state index contributed by atoms with van der Waals surface area (Å²) in [4.78, 5) is 0. The van der Waals surface area contributed by atoms with Crippen molar-refractivity contribution in [1.29, 1.82) is 0 Å². The molecule has 2 aromatic carbocycles. The van der Waals surface area contributed by atoms with Gasteiger partial charge < -0.3 is 5.32 Å². The van der Waals surface area contributed by atoms with E-state index in [9.17, 15) is 8.78 Å². The molecule has 0 heterocycles. The van der Waals surface area contributed by atoms with Gasteiger partial charge in [0.15, 0.2) is 0 Å². The lowest BCUT2D eigenvalue weighted by molar-refractivity contribution is 0.566. The summed E-state index contributed by atoms with van der Waals surface area (Å²) in [5, 5.41) is 3.10. The maximum Gasteiger partial charge on any atom is 0.127 e. The van der Waals surface area contributed by atoms with Crippen LogP contribution in [0.25, 0.3) is 0 Å². The highest BCUT2D eigenvalue weighted by Gasteiger charge is 2.07. The van der Waals surface area contributed by atoms with E-state index in [0.29, 0.717) is 24.2 Å². The van der Waals surface area contributed by atoms with E-state index >= 15 is 0 Å². The SMILES string of the molecule is Cc1cccc(F)c1CNCc1c(C)cccc1F. The summed E-state index contributed by atoms with van der Waals surface area (Å²) in [6, 6.07) is 10.0. The molecule has 0 saturated carbocycles. The molecule has 0 bridgehead atoms. The van der Waals surface area contributed by atoms with Crippen LogP contribution in [0.5, 0.6) is 0 Å². The first kappa shape index (κ1) is 13.7. The standard InChI is InChI=1S/C16H17F2N/c1-11-5-3-7-15(17)13(11)9-19-10-14-12(2)6-4-8-16(14)18/h3-8,19H,9-10H2,1-2H3. The van der Waals surface area contributed by atoms with Gasteiger partial charge in [0.1, 0.15) is 11.6 Å². The van der Waals surface area contributed by atoms with Gasteiger partial charge in [0.2, 0.25) is 0 Å². The number of nitrogens with one attached hydrogen (secondary N) is 1. The van der Waals surface area contributed by atoms with Gasteiger partial charge in [0, 0.05) is 24.2 Å². The Labute approximate surface area is 112 Å². The molecule has 0 radical (unpaired) electrons. The zero-order chi connectivity index (χ0) is 13.8. The average Bonchev–Trinajstić information content (AvgIpc) is 2.36. The predicted molar refractivity (Wildman–Crippen MR) is 72.8 cm³/mol. The van der Waals surface area contributed by atoms with Crippen LogP contribution in [-0.4, -0.2) is 0 Å². The molecular formula is C16H17F2N. The Morgan fingerprint density at radius 2 is 1.21 bits per heavy atom. The summed E-state index contributed by atoms with van der Waals surface area (Å²) in [6.45, 7) is 4.53. The quantitative estimate of drug-likeness (QED) is 0.881. The zero-order valence-corrected chi connectivity index (χ0v) is 11.1. The first-order chi connectivity index (χ1) is 9.09. The number of hydrogen-bond donors (Lipinski definition) is 1. The molecule has 2 rings (SSSR count). The minimum atomic E-state index is -0.224. The van der Waals surface area contributed by atoms with Crippen molar-refractivity contribution in [2.24, 2.45) is 0 Å². The number of aryl methyl sites for hydroxylation is 2. The molecule has 0 saturated heterocycles. The van der Waals surface area contributed by atoms with Crippen LogP contribution in [0.4, 0.5) is 8.78 Å². The van der Waals surface area contributed by atoms with Crippen LogP contribution in [0.2, 0.25) is 0 Å². The molecule has 1 nitrogen and oxygen atoms in total. The van der Waals surface area contributed by atoms with Crippen molar-refractivity contribution in [3.8, 4) is 0 Å². The molecule has 0 spiro atoms. The first-order valence-electron chi connectivity index (χ1n) is 6.28. The molecule has 0 unspecified atom stereocenters. The van der Waals surface area contributed by atoms with Crippen molar-refractivity contribution in [2.75, 3.05) is 0 Å². The maximum absolute atomic E-state index is 13.6. The van der Waals surface area contributed by atoms with Crippen LogP contribution < -0.4 is 5.32 Å². The maximum atomic E-state index is 13.6. The number of benzene rings is 2. The van der Waals surface area contributed by atoms with E-state index in [4.69, 9.17) is 0 Å². The monoisotopic (exact) mass is 261 g/mol. The molecular weight excluding hydrogens is 244 g/mol. The minimum absolute atomic E-state index is 0.224. The van der Waals surface area contributed by atoms with Gasteiger partial charge in [0.25, 0.3) is 0 Å². The van der Waals surface area contributed by atoms with Crippen LogP contribution in [0.1, 0.15) is 22.3 Å².